The Kier molecular flexibility index (Phi) is 5.36. The molecule has 9 heteroatoms. The van der Waals surface area contributed by atoms with Crippen molar-refractivity contribution in [1.82, 2.24) is 10.2 Å². The zero-order valence-corrected chi connectivity index (χ0v) is 15.5. The summed E-state index contributed by atoms with van der Waals surface area (Å²) in [5.74, 6) is 2.35. The predicted molar refractivity (Wildman–Crippen MR) is 92.3 cm³/mol. The van der Waals surface area contributed by atoms with Gasteiger partial charge in [-0.25, -0.2) is 8.42 Å². The molecule has 0 saturated carbocycles. The maximum absolute atomic E-state index is 11.5. The molecule has 6 nitrogen and oxygen atoms in total. The first-order valence-corrected chi connectivity index (χ1v) is 10.6. The molecular weight excluding hydrogens is 372 g/mol. The van der Waals surface area contributed by atoms with E-state index in [2.05, 4.69) is 10.2 Å². The standard InChI is InChI=1S/C15H17ClN2O4S2/c1-21-13-3-2-12(16)7-11(13)8-23-15-18-17-14(22-15)6-10-4-5-24(19,20)9-10/h2-3,7,10H,4-6,8-9H2,1H3/t10-/m1/s1. The van der Waals surface area contributed by atoms with Crippen LogP contribution in [-0.2, 0) is 22.0 Å². The largest absolute Gasteiger partial charge is 0.496 e. The van der Waals surface area contributed by atoms with Gasteiger partial charge in [0.1, 0.15) is 5.75 Å². The second-order valence-corrected chi connectivity index (χ2v) is 9.27. The van der Waals surface area contributed by atoms with Gasteiger partial charge in [0.15, 0.2) is 9.84 Å². The summed E-state index contributed by atoms with van der Waals surface area (Å²) in [6.45, 7) is 0. The second kappa shape index (κ2) is 7.33. The van der Waals surface area contributed by atoms with Gasteiger partial charge in [-0.15, -0.1) is 10.2 Å². The van der Waals surface area contributed by atoms with Crippen molar-refractivity contribution in [3.63, 3.8) is 0 Å². The van der Waals surface area contributed by atoms with Gasteiger partial charge < -0.3 is 9.15 Å². The van der Waals surface area contributed by atoms with Crippen LogP contribution in [0.2, 0.25) is 5.02 Å². The Bertz CT molecular complexity index is 823. The van der Waals surface area contributed by atoms with Crippen LogP contribution >= 0.6 is 23.4 Å². The monoisotopic (exact) mass is 388 g/mol. The van der Waals surface area contributed by atoms with E-state index in [9.17, 15) is 8.42 Å². The fraction of sp³-hybridized carbons (Fsp3) is 0.467. The van der Waals surface area contributed by atoms with Gasteiger partial charge in [0.2, 0.25) is 5.89 Å². The minimum absolute atomic E-state index is 0.0707. The summed E-state index contributed by atoms with van der Waals surface area (Å²) in [7, 11) is -1.28. The highest BCUT2D eigenvalue weighted by Gasteiger charge is 2.29. The summed E-state index contributed by atoms with van der Waals surface area (Å²) in [5.41, 5.74) is 0.941. The molecule has 0 unspecified atom stereocenters. The third kappa shape index (κ3) is 4.43. The van der Waals surface area contributed by atoms with Crippen molar-refractivity contribution in [1.29, 1.82) is 0 Å². The quantitative estimate of drug-likeness (QED) is 0.703. The topological polar surface area (TPSA) is 82.3 Å². The molecule has 2 aromatic rings. The van der Waals surface area contributed by atoms with Crippen LogP contribution in [-0.4, -0.2) is 37.2 Å². The number of thioether (sulfide) groups is 1. The Hall–Kier alpha value is -1.25. The van der Waals surface area contributed by atoms with E-state index in [-0.39, 0.29) is 17.4 Å². The highest BCUT2D eigenvalue weighted by atomic mass is 35.5. The van der Waals surface area contributed by atoms with Gasteiger partial charge in [-0.3, -0.25) is 0 Å². The highest BCUT2D eigenvalue weighted by Crippen LogP contribution is 2.30. The lowest BCUT2D eigenvalue weighted by Gasteiger charge is -2.07. The van der Waals surface area contributed by atoms with E-state index in [0.29, 0.717) is 34.7 Å². The minimum Gasteiger partial charge on any atom is -0.496 e. The van der Waals surface area contributed by atoms with Crippen molar-refractivity contribution in [2.24, 2.45) is 5.92 Å². The fourth-order valence-electron chi connectivity index (χ4n) is 2.66. The number of rotatable bonds is 6. The molecule has 0 amide bonds. The van der Waals surface area contributed by atoms with Crippen molar-refractivity contribution in [3.8, 4) is 5.75 Å². The molecule has 0 bridgehead atoms. The van der Waals surface area contributed by atoms with Crippen LogP contribution in [0.25, 0.3) is 0 Å². The van der Waals surface area contributed by atoms with Gasteiger partial charge in [0.25, 0.3) is 5.22 Å². The molecule has 0 spiro atoms. The molecule has 1 saturated heterocycles. The Balaban J connectivity index is 1.60. The number of ether oxygens (including phenoxy) is 1. The fourth-order valence-corrected chi connectivity index (χ4v) is 5.47. The highest BCUT2D eigenvalue weighted by molar-refractivity contribution is 7.98. The van der Waals surface area contributed by atoms with Gasteiger partial charge in [-0.1, -0.05) is 23.4 Å². The number of sulfone groups is 1. The Morgan fingerprint density at radius 3 is 2.96 bits per heavy atom. The van der Waals surface area contributed by atoms with Crippen molar-refractivity contribution < 1.29 is 17.6 Å². The summed E-state index contributed by atoms with van der Waals surface area (Å²) < 4.78 is 33.9. The molecule has 0 radical (unpaired) electrons. The molecule has 1 aliphatic rings. The van der Waals surface area contributed by atoms with Crippen LogP contribution in [0.5, 0.6) is 5.75 Å². The van der Waals surface area contributed by atoms with E-state index in [1.807, 2.05) is 12.1 Å². The van der Waals surface area contributed by atoms with Gasteiger partial charge in [-0.05, 0) is 30.5 Å². The lowest BCUT2D eigenvalue weighted by atomic mass is 10.1. The van der Waals surface area contributed by atoms with E-state index >= 15 is 0 Å². The molecule has 0 aliphatic carbocycles. The Morgan fingerprint density at radius 2 is 2.25 bits per heavy atom. The zero-order valence-electron chi connectivity index (χ0n) is 13.1. The molecule has 2 heterocycles. The number of hydrogen-bond acceptors (Lipinski definition) is 7. The molecule has 24 heavy (non-hydrogen) atoms. The lowest BCUT2D eigenvalue weighted by molar-refractivity contribution is 0.389. The van der Waals surface area contributed by atoms with Crippen LogP contribution < -0.4 is 4.74 Å². The van der Waals surface area contributed by atoms with Gasteiger partial charge in [-0.2, -0.15) is 0 Å². The van der Waals surface area contributed by atoms with Crippen LogP contribution in [0.3, 0.4) is 0 Å². The molecule has 130 valence electrons. The van der Waals surface area contributed by atoms with Crippen molar-refractivity contribution in [2.75, 3.05) is 18.6 Å². The molecule has 1 aliphatic heterocycles. The number of nitrogens with zero attached hydrogens (tertiary/aromatic N) is 2. The van der Waals surface area contributed by atoms with E-state index in [0.717, 1.165) is 11.3 Å². The van der Waals surface area contributed by atoms with Gasteiger partial charge in [0.05, 0.1) is 18.6 Å². The average Bonchev–Trinajstić information content (AvgIpc) is 3.12. The molecule has 0 N–H and O–H groups in total. The van der Waals surface area contributed by atoms with Crippen LogP contribution in [0.15, 0.2) is 27.8 Å². The van der Waals surface area contributed by atoms with Crippen LogP contribution in [0, 0.1) is 5.92 Å². The summed E-state index contributed by atoms with van der Waals surface area (Å²) >= 11 is 7.41. The first-order chi connectivity index (χ1) is 11.4. The smallest absolute Gasteiger partial charge is 0.276 e. The molecule has 1 aromatic heterocycles. The summed E-state index contributed by atoms with van der Waals surface area (Å²) in [4.78, 5) is 0. The number of hydrogen-bond donors (Lipinski definition) is 0. The molecule has 1 atom stereocenters. The maximum atomic E-state index is 11.5. The normalized spacial score (nSPS) is 19.5. The van der Waals surface area contributed by atoms with E-state index < -0.39 is 9.84 Å². The third-order valence-electron chi connectivity index (χ3n) is 3.83. The lowest BCUT2D eigenvalue weighted by Crippen LogP contribution is -2.07. The minimum atomic E-state index is -2.89. The van der Waals surface area contributed by atoms with E-state index in [4.69, 9.17) is 20.8 Å². The van der Waals surface area contributed by atoms with Crippen LogP contribution in [0.1, 0.15) is 17.9 Å². The van der Waals surface area contributed by atoms with E-state index in [1.165, 1.54) is 11.8 Å². The van der Waals surface area contributed by atoms with E-state index in [1.54, 1.807) is 13.2 Å². The summed E-state index contributed by atoms with van der Waals surface area (Å²) in [5, 5.41) is 9.11. The third-order valence-corrected chi connectivity index (χ3v) is 6.77. The van der Waals surface area contributed by atoms with Crippen molar-refractivity contribution in [3.05, 3.63) is 34.7 Å². The van der Waals surface area contributed by atoms with Crippen molar-refractivity contribution in [2.45, 2.75) is 23.8 Å². The molecule has 3 rings (SSSR count). The number of halogens is 1. The second-order valence-electron chi connectivity index (χ2n) is 5.68. The summed E-state index contributed by atoms with van der Waals surface area (Å²) in [6, 6.07) is 5.43. The average molecular weight is 389 g/mol. The molecule has 1 fully saturated rings. The predicted octanol–water partition coefficient (Wildman–Crippen LogP) is 3.00. The Morgan fingerprint density at radius 1 is 1.42 bits per heavy atom. The number of aromatic nitrogens is 2. The molecule has 1 aromatic carbocycles. The summed E-state index contributed by atoms with van der Waals surface area (Å²) in [6.07, 6.45) is 1.17. The maximum Gasteiger partial charge on any atom is 0.276 e. The number of methoxy groups -OCH3 is 1. The first kappa shape index (κ1) is 17.6. The van der Waals surface area contributed by atoms with Gasteiger partial charge >= 0.3 is 0 Å². The van der Waals surface area contributed by atoms with Gasteiger partial charge in [0, 0.05) is 22.8 Å². The zero-order chi connectivity index (χ0) is 17.2. The van der Waals surface area contributed by atoms with Crippen molar-refractivity contribution >= 4 is 33.2 Å². The Labute approximate surface area is 149 Å². The molecular formula is C15H17ClN2O4S2. The SMILES string of the molecule is COc1ccc(Cl)cc1CSc1nnc(C[C@H]2CCS(=O)(=O)C2)o1. The number of benzene rings is 1. The first-order valence-electron chi connectivity index (χ1n) is 7.43. The van der Waals surface area contributed by atoms with Crippen LogP contribution in [0.4, 0.5) is 0 Å².